The van der Waals surface area contributed by atoms with E-state index in [0.717, 1.165) is 24.8 Å². The standard InChI is InChI=1S/C17H24N2O3S/c1-14-6-8-16(9-7-14)23(21,22)19-11-3-10-18(12-13-19)17(20)15-4-2-5-15/h6-9,15H,2-5,10-13H2,1H3. The first-order chi connectivity index (χ1) is 11.0. The lowest BCUT2D eigenvalue weighted by Gasteiger charge is -2.31. The van der Waals surface area contributed by atoms with Gasteiger partial charge in [-0.1, -0.05) is 24.1 Å². The minimum atomic E-state index is -3.47. The monoisotopic (exact) mass is 336 g/mol. The van der Waals surface area contributed by atoms with E-state index in [-0.39, 0.29) is 11.8 Å². The van der Waals surface area contributed by atoms with Gasteiger partial charge in [0.25, 0.3) is 0 Å². The van der Waals surface area contributed by atoms with Gasteiger partial charge in [0, 0.05) is 32.1 Å². The topological polar surface area (TPSA) is 57.7 Å². The normalized spacial score (nSPS) is 20.8. The number of aryl methyl sites for hydroxylation is 1. The van der Waals surface area contributed by atoms with E-state index < -0.39 is 10.0 Å². The van der Waals surface area contributed by atoms with E-state index in [0.29, 0.717) is 37.5 Å². The molecular weight excluding hydrogens is 312 g/mol. The first-order valence-electron chi connectivity index (χ1n) is 8.34. The molecule has 1 saturated heterocycles. The molecular formula is C17H24N2O3S. The Morgan fingerprint density at radius 1 is 1.00 bits per heavy atom. The largest absolute Gasteiger partial charge is 0.341 e. The molecule has 5 nitrogen and oxygen atoms in total. The van der Waals surface area contributed by atoms with Crippen molar-refractivity contribution in [2.75, 3.05) is 26.2 Å². The molecule has 0 unspecified atom stereocenters. The molecule has 126 valence electrons. The molecule has 1 aliphatic heterocycles. The number of carbonyl (C=O) groups excluding carboxylic acids is 1. The summed E-state index contributed by atoms with van der Waals surface area (Å²) in [7, 11) is -3.47. The highest BCUT2D eigenvalue weighted by atomic mass is 32.2. The van der Waals surface area contributed by atoms with E-state index in [4.69, 9.17) is 0 Å². The summed E-state index contributed by atoms with van der Waals surface area (Å²) in [6, 6.07) is 6.95. The van der Waals surface area contributed by atoms with Crippen LogP contribution in [0.4, 0.5) is 0 Å². The maximum atomic E-state index is 12.8. The van der Waals surface area contributed by atoms with Crippen LogP contribution in [0, 0.1) is 12.8 Å². The molecule has 1 aromatic rings. The third-order valence-electron chi connectivity index (χ3n) is 4.88. The fraction of sp³-hybridized carbons (Fsp3) is 0.588. The molecule has 1 aromatic carbocycles. The highest BCUT2D eigenvalue weighted by Crippen LogP contribution is 2.29. The van der Waals surface area contributed by atoms with Crippen molar-refractivity contribution in [3.63, 3.8) is 0 Å². The molecule has 1 aliphatic carbocycles. The Kier molecular flexibility index (Phi) is 4.73. The summed E-state index contributed by atoms with van der Waals surface area (Å²) in [5.41, 5.74) is 1.04. The fourth-order valence-corrected chi connectivity index (χ4v) is 4.60. The van der Waals surface area contributed by atoms with Crippen LogP contribution in [-0.2, 0) is 14.8 Å². The van der Waals surface area contributed by atoms with Gasteiger partial charge < -0.3 is 4.90 Å². The molecule has 0 aromatic heterocycles. The number of sulfonamides is 1. The van der Waals surface area contributed by atoms with Gasteiger partial charge in [0.1, 0.15) is 0 Å². The van der Waals surface area contributed by atoms with Gasteiger partial charge in [0.15, 0.2) is 0 Å². The Bertz CT molecular complexity index is 666. The lowest BCUT2D eigenvalue weighted by molar-refractivity contribution is -0.138. The van der Waals surface area contributed by atoms with Crippen LogP contribution in [0.2, 0.25) is 0 Å². The lowest BCUT2D eigenvalue weighted by atomic mass is 9.84. The number of hydrogen-bond donors (Lipinski definition) is 0. The molecule has 0 spiro atoms. The zero-order valence-corrected chi connectivity index (χ0v) is 14.4. The second kappa shape index (κ2) is 6.61. The van der Waals surface area contributed by atoms with Crippen molar-refractivity contribution in [3.05, 3.63) is 29.8 Å². The molecule has 1 heterocycles. The molecule has 0 bridgehead atoms. The quantitative estimate of drug-likeness (QED) is 0.848. The van der Waals surface area contributed by atoms with E-state index in [9.17, 15) is 13.2 Å². The first kappa shape index (κ1) is 16.5. The number of nitrogens with zero attached hydrogens (tertiary/aromatic N) is 2. The molecule has 1 saturated carbocycles. The molecule has 2 aliphatic rings. The van der Waals surface area contributed by atoms with Gasteiger partial charge in [-0.15, -0.1) is 0 Å². The minimum absolute atomic E-state index is 0.176. The fourth-order valence-electron chi connectivity index (χ4n) is 3.13. The number of amides is 1. The third-order valence-corrected chi connectivity index (χ3v) is 6.79. The van der Waals surface area contributed by atoms with Crippen molar-refractivity contribution < 1.29 is 13.2 Å². The SMILES string of the molecule is Cc1ccc(S(=O)(=O)N2CCCN(C(=O)C3CCC3)CC2)cc1. The molecule has 1 amide bonds. The molecule has 6 heteroatoms. The van der Waals surface area contributed by atoms with E-state index >= 15 is 0 Å². The van der Waals surface area contributed by atoms with Crippen molar-refractivity contribution in [2.24, 2.45) is 5.92 Å². The lowest BCUT2D eigenvalue weighted by Crippen LogP contribution is -2.41. The molecule has 3 rings (SSSR count). The van der Waals surface area contributed by atoms with Gasteiger partial charge in [-0.05, 0) is 38.3 Å². The van der Waals surface area contributed by atoms with Gasteiger partial charge >= 0.3 is 0 Å². The van der Waals surface area contributed by atoms with Gasteiger partial charge in [0.2, 0.25) is 15.9 Å². The highest BCUT2D eigenvalue weighted by Gasteiger charge is 2.32. The van der Waals surface area contributed by atoms with E-state index in [2.05, 4.69) is 0 Å². The zero-order chi connectivity index (χ0) is 16.4. The van der Waals surface area contributed by atoms with Crippen LogP contribution in [0.25, 0.3) is 0 Å². The molecule has 0 N–H and O–H groups in total. The average Bonchev–Trinajstić information content (AvgIpc) is 2.72. The van der Waals surface area contributed by atoms with E-state index in [1.54, 1.807) is 12.1 Å². The number of benzene rings is 1. The highest BCUT2D eigenvalue weighted by molar-refractivity contribution is 7.89. The molecule has 2 fully saturated rings. The Morgan fingerprint density at radius 2 is 1.70 bits per heavy atom. The summed E-state index contributed by atoms with van der Waals surface area (Å²) in [5.74, 6) is 0.390. The van der Waals surface area contributed by atoms with Crippen LogP contribution in [0.5, 0.6) is 0 Å². The second-order valence-corrected chi connectivity index (χ2v) is 8.46. The predicted octanol–water partition coefficient (Wildman–Crippen LogP) is 2.02. The number of carbonyl (C=O) groups is 1. The van der Waals surface area contributed by atoms with Crippen molar-refractivity contribution >= 4 is 15.9 Å². The Morgan fingerprint density at radius 3 is 2.30 bits per heavy atom. The van der Waals surface area contributed by atoms with Gasteiger partial charge in [-0.2, -0.15) is 4.31 Å². The van der Waals surface area contributed by atoms with E-state index in [1.807, 2.05) is 24.0 Å². The van der Waals surface area contributed by atoms with Crippen LogP contribution >= 0.6 is 0 Å². The number of rotatable bonds is 3. The summed E-state index contributed by atoms with van der Waals surface area (Å²) >= 11 is 0. The predicted molar refractivity (Wildman–Crippen MR) is 88.5 cm³/mol. The average molecular weight is 336 g/mol. The number of hydrogen-bond acceptors (Lipinski definition) is 3. The van der Waals surface area contributed by atoms with Crippen molar-refractivity contribution in [1.82, 2.24) is 9.21 Å². The Labute approximate surface area is 138 Å². The second-order valence-electron chi connectivity index (χ2n) is 6.52. The van der Waals surface area contributed by atoms with Crippen LogP contribution < -0.4 is 0 Å². The van der Waals surface area contributed by atoms with Crippen LogP contribution in [0.3, 0.4) is 0 Å². The molecule has 0 atom stereocenters. The van der Waals surface area contributed by atoms with Gasteiger partial charge in [-0.3, -0.25) is 4.79 Å². The third kappa shape index (κ3) is 3.43. The summed E-state index contributed by atoms with van der Waals surface area (Å²) in [6.07, 6.45) is 3.81. The van der Waals surface area contributed by atoms with Crippen molar-refractivity contribution in [3.8, 4) is 0 Å². The zero-order valence-electron chi connectivity index (χ0n) is 13.6. The minimum Gasteiger partial charge on any atom is -0.341 e. The van der Waals surface area contributed by atoms with Crippen LogP contribution in [0.15, 0.2) is 29.2 Å². The summed E-state index contributed by atoms with van der Waals surface area (Å²) in [5, 5.41) is 0. The smallest absolute Gasteiger partial charge is 0.243 e. The van der Waals surface area contributed by atoms with Gasteiger partial charge in [-0.25, -0.2) is 8.42 Å². The Balaban J connectivity index is 1.69. The Hall–Kier alpha value is -1.40. The summed E-state index contributed by atoms with van der Waals surface area (Å²) in [4.78, 5) is 14.5. The first-order valence-corrected chi connectivity index (χ1v) is 9.78. The molecule has 23 heavy (non-hydrogen) atoms. The van der Waals surface area contributed by atoms with E-state index in [1.165, 1.54) is 4.31 Å². The van der Waals surface area contributed by atoms with Gasteiger partial charge in [0.05, 0.1) is 4.90 Å². The summed E-state index contributed by atoms with van der Waals surface area (Å²) in [6.45, 7) is 3.96. The van der Waals surface area contributed by atoms with Crippen LogP contribution in [0.1, 0.15) is 31.2 Å². The van der Waals surface area contributed by atoms with Crippen molar-refractivity contribution in [2.45, 2.75) is 37.5 Å². The summed E-state index contributed by atoms with van der Waals surface area (Å²) < 4.78 is 27.0. The molecule has 0 radical (unpaired) electrons. The maximum absolute atomic E-state index is 12.8. The van der Waals surface area contributed by atoms with Crippen LogP contribution in [-0.4, -0.2) is 49.7 Å². The maximum Gasteiger partial charge on any atom is 0.243 e. The van der Waals surface area contributed by atoms with Crippen molar-refractivity contribution in [1.29, 1.82) is 0 Å².